The average molecular weight is 287 g/mol. The highest BCUT2D eigenvalue weighted by molar-refractivity contribution is 7.91. The van der Waals surface area contributed by atoms with E-state index in [9.17, 15) is 9.35 Å². The van der Waals surface area contributed by atoms with Crippen molar-refractivity contribution in [2.24, 2.45) is 0 Å². The number of ketones is 1. The molecule has 0 saturated heterocycles. The van der Waals surface area contributed by atoms with E-state index in [2.05, 4.69) is 0 Å². The molecule has 1 aromatic carbocycles. The molecule has 2 N–H and O–H groups in total. The Balaban J connectivity index is 3.37. The van der Waals surface area contributed by atoms with Crippen molar-refractivity contribution < 1.29 is 23.6 Å². The Morgan fingerprint density at radius 3 is 2.26 bits per heavy atom. The van der Waals surface area contributed by atoms with Crippen molar-refractivity contribution in [2.75, 3.05) is 39.1 Å². The molecule has 6 nitrogen and oxygen atoms in total. The largest absolute Gasteiger partial charge is 0.616 e. The number of carbonyl (C=O) groups excluding carboxylic acids is 1. The number of Topliss-reactive ketones (excluding diaryl/α,β-unsaturated/α-hetero) is 1. The van der Waals surface area contributed by atoms with E-state index in [0.29, 0.717) is 11.5 Å². The first-order valence-electron chi connectivity index (χ1n) is 5.37. The summed E-state index contributed by atoms with van der Waals surface area (Å²) < 4.78 is 26.6. The summed E-state index contributed by atoms with van der Waals surface area (Å²) in [5.41, 5.74) is 6.25. The van der Waals surface area contributed by atoms with Gasteiger partial charge < -0.3 is 24.5 Å². The van der Waals surface area contributed by atoms with Crippen LogP contribution in [0.2, 0.25) is 0 Å². The van der Waals surface area contributed by atoms with Gasteiger partial charge in [0, 0.05) is 0 Å². The summed E-state index contributed by atoms with van der Waals surface area (Å²) in [7, 11) is 4.31. The zero-order valence-electron chi connectivity index (χ0n) is 11.3. The summed E-state index contributed by atoms with van der Waals surface area (Å²) in [6, 6.07) is 1.46. The van der Waals surface area contributed by atoms with E-state index in [4.69, 9.17) is 19.9 Å². The fourth-order valence-electron chi connectivity index (χ4n) is 1.67. The molecule has 19 heavy (non-hydrogen) atoms. The average Bonchev–Trinajstić information content (AvgIpc) is 2.36. The van der Waals surface area contributed by atoms with Gasteiger partial charge in [0.2, 0.25) is 11.5 Å². The van der Waals surface area contributed by atoms with Crippen LogP contribution in [0.15, 0.2) is 6.07 Å². The molecule has 0 bridgehead atoms. The maximum Gasteiger partial charge on any atom is 0.214 e. The Morgan fingerprint density at radius 1 is 1.26 bits per heavy atom. The van der Waals surface area contributed by atoms with E-state index < -0.39 is 11.2 Å². The molecule has 0 amide bonds. The molecule has 0 aliphatic heterocycles. The number of nitrogens with two attached hydrogens (primary N) is 1. The van der Waals surface area contributed by atoms with Gasteiger partial charge >= 0.3 is 0 Å². The van der Waals surface area contributed by atoms with Gasteiger partial charge in [-0.25, -0.2) is 0 Å². The van der Waals surface area contributed by atoms with Crippen molar-refractivity contribution in [2.45, 2.75) is 0 Å². The van der Waals surface area contributed by atoms with Crippen molar-refractivity contribution in [3.05, 3.63) is 11.6 Å². The lowest BCUT2D eigenvalue weighted by atomic mass is 10.1. The lowest BCUT2D eigenvalue weighted by Gasteiger charge is -2.16. The van der Waals surface area contributed by atoms with Crippen LogP contribution in [0.1, 0.15) is 10.4 Å². The summed E-state index contributed by atoms with van der Waals surface area (Å²) >= 11 is -1.25. The zero-order valence-corrected chi connectivity index (χ0v) is 12.1. The molecule has 0 radical (unpaired) electrons. The number of methoxy groups -OCH3 is 3. The minimum atomic E-state index is -1.25. The predicted molar refractivity (Wildman–Crippen MR) is 73.8 cm³/mol. The molecule has 1 rings (SSSR count). The maximum absolute atomic E-state index is 12.0. The lowest BCUT2D eigenvalue weighted by Crippen LogP contribution is -2.17. The van der Waals surface area contributed by atoms with E-state index >= 15 is 0 Å². The van der Waals surface area contributed by atoms with Crippen LogP contribution in [0.3, 0.4) is 0 Å². The summed E-state index contributed by atoms with van der Waals surface area (Å²) in [6.45, 7) is 0. The minimum Gasteiger partial charge on any atom is -0.616 e. The van der Waals surface area contributed by atoms with Crippen LogP contribution < -0.4 is 19.9 Å². The van der Waals surface area contributed by atoms with Crippen LogP contribution >= 0.6 is 0 Å². The molecule has 1 atom stereocenters. The van der Waals surface area contributed by atoms with Crippen LogP contribution in [-0.2, 0) is 11.2 Å². The first-order chi connectivity index (χ1) is 8.96. The molecule has 0 aliphatic rings. The van der Waals surface area contributed by atoms with Gasteiger partial charge in [-0.05, 0) is 17.2 Å². The molecular weight excluding hydrogens is 270 g/mol. The number of rotatable bonds is 6. The Kier molecular flexibility index (Phi) is 5.31. The summed E-state index contributed by atoms with van der Waals surface area (Å²) in [5.74, 6) is 0.433. The Labute approximate surface area is 115 Å². The second kappa shape index (κ2) is 6.53. The SMILES string of the molecule is COc1cc(C(=O)C[S+](C)[O-])c(N)c(OC)c1OC. The second-order valence-corrected chi connectivity index (χ2v) is 5.18. The maximum atomic E-state index is 12.0. The van der Waals surface area contributed by atoms with Crippen molar-refractivity contribution in [1.29, 1.82) is 0 Å². The van der Waals surface area contributed by atoms with Crippen molar-refractivity contribution in [3.8, 4) is 17.2 Å². The second-order valence-electron chi connectivity index (χ2n) is 3.75. The van der Waals surface area contributed by atoms with Gasteiger partial charge in [-0.1, -0.05) is 0 Å². The van der Waals surface area contributed by atoms with E-state index in [-0.39, 0.29) is 28.5 Å². The highest BCUT2D eigenvalue weighted by Crippen LogP contribution is 2.43. The molecular formula is C12H17NO5S. The summed E-state index contributed by atoms with van der Waals surface area (Å²) in [5, 5.41) is 0. The molecule has 7 heteroatoms. The molecule has 0 aromatic heterocycles. The molecule has 1 unspecified atom stereocenters. The number of hydrogen-bond acceptors (Lipinski definition) is 6. The fraction of sp³-hybridized carbons (Fsp3) is 0.417. The van der Waals surface area contributed by atoms with Gasteiger partial charge in [0.05, 0.1) is 38.8 Å². The molecule has 106 valence electrons. The number of carbonyl (C=O) groups is 1. The topological polar surface area (TPSA) is 93.8 Å². The third-order valence-electron chi connectivity index (χ3n) is 2.50. The van der Waals surface area contributed by atoms with Crippen molar-refractivity contribution in [1.82, 2.24) is 0 Å². The van der Waals surface area contributed by atoms with E-state index in [1.807, 2.05) is 0 Å². The summed E-state index contributed by atoms with van der Waals surface area (Å²) in [4.78, 5) is 12.0. The summed E-state index contributed by atoms with van der Waals surface area (Å²) in [6.07, 6.45) is 1.45. The molecule has 0 heterocycles. The third kappa shape index (κ3) is 3.24. The number of anilines is 1. The van der Waals surface area contributed by atoms with Gasteiger partial charge in [-0.15, -0.1) is 0 Å². The quantitative estimate of drug-likeness (QED) is 0.474. The zero-order chi connectivity index (χ0) is 14.6. The normalized spacial score (nSPS) is 11.8. The first kappa shape index (κ1) is 15.5. The Morgan fingerprint density at radius 2 is 1.84 bits per heavy atom. The highest BCUT2D eigenvalue weighted by atomic mass is 32.2. The van der Waals surface area contributed by atoms with Crippen LogP contribution in [0, 0.1) is 0 Å². The van der Waals surface area contributed by atoms with Crippen molar-refractivity contribution in [3.63, 3.8) is 0 Å². The predicted octanol–water partition coefficient (Wildman–Crippen LogP) is 0.856. The number of benzene rings is 1. The van der Waals surface area contributed by atoms with Gasteiger partial charge in [-0.3, -0.25) is 4.79 Å². The number of ether oxygens (including phenoxy) is 3. The van der Waals surface area contributed by atoms with Crippen LogP contribution in [0.4, 0.5) is 5.69 Å². The first-order valence-corrected chi connectivity index (χ1v) is 7.10. The monoisotopic (exact) mass is 287 g/mol. The third-order valence-corrected chi connectivity index (χ3v) is 3.17. The molecule has 0 saturated carbocycles. The van der Waals surface area contributed by atoms with Crippen LogP contribution in [-0.4, -0.2) is 43.7 Å². The van der Waals surface area contributed by atoms with Gasteiger partial charge in [0.1, 0.15) is 0 Å². The van der Waals surface area contributed by atoms with Gasteiger partial charge in [0.15, 0.2) is 17.3 Å². The molecule has 1 aromatic rings. The van der Waals surface area contributed by atoms with Gasteiger partial charge in [0.25, 0.3) is 0 Å². The number of hydrogen-bond donors (Lipinski definition) is 1. The lowest BCUT2D eigenvalue weighted by molar-refractivity contribution is 0.102. The van der Waals surface area contributed by atoms with Gasteiger partial charge in [-0.2, -0.15) is 0 Å². The standard InChI is InChI=1S/C12H17NO5S/c1-16-9-5-7(8(14)6-19(4)15)10(13)12(18-3)11(9)17-2/h5H,6,13H2,1-4H3. The van der Waals surface area contributed by atoms with Crippen LogP contribution in [0.25, 0.3) is 0 Å². The van der Waals surface area contributed by atoms with Crippen molar-refractivity contribution >= 4 is 22.6 Å². The smallest absolute Gasteiger partial charge is 0.214 e. The highest BCUT2D eigenvalue weighted by Gasteiger charge is 2.24. The molecule has 0 spiro atoms. The Bertz CT molecular complexity index is 476. The molecule has 0 aliphatic carbocycles. The van der Waals surface area contributed by atoms with Crippen LogP contribution in [0.5, 0.6) is 17.2 Å². The van der Waals surface area contributed by atoms with E-state index in [1.165, 1.54) is 33.7 Å². The fourth-order valence-corrected chi connectivity index (χ4v) is 2.20. The molecule has 0 fully saturated rings. The Hall–Kier alpha value is -1.60. The minimum absolute atomic E-state index is 0.108. The van der Waals surface area contributed by atoms with E-state index in [1.54, 1.807) is 0 Å². The number of nitrogen functional groups attached to an aromatic ring is 1. The van der Waals surface area contributed by atoms with E-state index in [0.717, 1.165) is 0 Å².